The molecule has 2 aromatic heterocycles. The number of fused-ring (bicyclic) bond motifs is 3. The molecule has 0 N–H and O–H groups in total. The van der Waals surface area contributed by atoms with Gasteiger partial charge in [-0.25, -0.2) is 15.0 Å². The van der Waals surface area contributed by atoms with E-state index >= 15 is 0 Å². The van der Waals surface area contributed by atoms with Crippen LogP contribution in [0.5, 0.6) is 0 Å². The van der Waals surface area contributed by atoms with Crippen LogP contribution in [0, 0.1) is 0 Å². The fourth-order valence-electron chi connectivity index (χ4n) is 6.34. The molecule has 10 aromatic rings. The van der Waals surface area contributed by atoms with Crippen molar-refractivity contribution in [3.05, 3.63) is 206 Å². The predicted molar refractivity (Wildman–Crippen MR) is 227 cm³/mol. The highest BCUT2D eigenvalue weighted by molar-refractivity contribution is 6.10. The second kappa shape index (κ2) is 13.8. The highest BCUT2D eigenvalue weighted by Gasteiger charge is 2.23. The second-order valence-electron chi connectivity index (χ2n) is 12.0. The lowest BCUT2D eigenvalue weighted by molar-refractivity contribution is 1.06. The Bertz CT molecular complexity index is 3900. The van der Waals surface area contributed by atoms with E-state index in [1.165, 1.54) is 18.2 Å². The Hall–Kier alpha value is -7.43. The average Bonchev–Trinajstić information content (AvgIpc) is 4.04. The standard InChI is InChI=1S/C51H34N4/c1-5-18-35(19-6-1)39-32-40(36-20-7-2-8-21-36)34-41(33-39)42-28-17-29-45(48(42)55-46-30-15-13-26-43(46)44-27-14-16-31-47(44)55)51-53-49(37-22-9-3-10-23-37)52-50(54-51)38-24-11-4-12-25-38/h1-34H/i1D,2D,5D,6D,7D,8D,13D,14D,15D,16D,18D,19D,20D,21D,26D,27D,30D,31D,32D,33D,34D. The molecular formula is C51H34N4. The zero-order valence-electron chi connectivity index (χ0n) is 49.3. The first-order valence-electron chi connectivity index (χ1n) is 27.3. The molecule has 55 heavy (non-hydrogen) atoms. The Labute approximate surface area is 349 Å². The first kappa shape index (κ1) is 17.1. The molecule has 0 atom stereocenters. The molecule has 0 saturated heterocycles. The summed E-state index contributed by atoms with van der Waals surface area (Å²) >= 11 is 0. The van der Waals surface area contributed by atoms with Crippen LogP contribution in [0.25, 0.3) is 95.0 Å². The van der Waals surface area contributed by atoms with Gasteiger partial charge in [-0.15, -0.1) is 0 Å². The Morgan fingerprint density at radius 3 is 1.31 bits per heavy atom. The van der Waals surface area contributed by atoms with Crippen LogP contribution in [-0.4, -0.2) is 19.5 Å². The monoisotopic (exact) mass is 723 g/mol. The molecule has 0 fully saturated rings. The fourth-order valence-corrected chi connectivity index (χ4v) is 6.34. The molecule has 258 valence electrons. The Balaban J connectivity index is 1.51. The number of nitrogens with zero attached hydrogens (tertiary/aromatic N) is 4. The van der Waals surface area contributed by atoms with Gasteiger partial charge in [0.25, 0.3) is 0 Å². The van der Waals surface area contributed by atoms with Gasteiger partial charge in [0, 0.05) is 33.0 Å². The third-order valence-electron chi connectivity index (χ3n) is 8.75. The van der Waals surface area contributed by atoms with Gasteiger partial charge in [0.1, 0.15) is 0 Å². The fraction of sp³-hybridized carbons (Fsp3) is 0. The maximum absolute atomic E-state index is 10.1. The van der Waals surface area contributed by atoms with Crippen LogP contribution in [0.15, 0.2) is 206 Å². The van der Waals surface area contributed by atoms with Crippen molar-refractivity contribution < 1.29 is 28.8 Å². The summed E-state index contributed by atoms with van der Waals surface area (Å²) in [6, 6.07) is 4.15. The van der Waals surface area contributed by atoms with Crippen LogP contribution < -0.4 is 0 Å². The summed E-state index contributed by atoms with van der Waals surface area (Å²) in [6.45, 7) is 0. The van der Waals surface area contributed by atoms with Gasteiger partial charge in [0.05, 0.1) is 45.5 Å². The van der Waals surface area contributed by atoms with E-state index in [0.717, 1.165) is 4.57 Å². The zero-order valence-corrected chi connectivity index (χ0v) is 28.3. The minimum atomic E-state index is -0.939. The SMILES string of the molecule is [2H]c1c([2H])c([2H])c(-c2c([2H])c(-c3cccc(-c4nc(-c5ccccc5)nc(-c5ccccc5)n4)c3-n3c4c([2H])c([2H])c([2H])c([2H])c4c4c([2H])c([2H])c([2H])c([2H])c43)c([2H])c(-c3c([2H])c([2H])c([2H])c([2H])c3[2H])c2[2H])c([2H])c1[2H]. The highest BCUT2D eigenvalue weighted by atomic mass is 15.1. The van der Waals surface area contributed by atoms with Gasteiger partial charge >= 0.3 is 0 Å². The number of hydrogen-bond donors (Lipinski definition) is 0. The van der Waals surface area contributed by atoms with Crippen molar-refractivity contribution >= 4 is 21.8 Å². The first-order chi connectivity index (χ1) is 36.0. The molecule has 0 aliphatic heterocycles. The molecule has 0 amide bonds. The number of rotatable bonds is 7. The summed E-state index contributed by atoms with van der Waals surface area (Å²) in [4.78, 5) is 14.6. The first-order valence-corrected chi connectivity index (χ1v) is 16.8. The van der Waals surface area contributed by atoms with Crippen molar-refractivity contribution in [3.63, 3.8) is 0 Å². The Morgan fingerprint density at radius 2 is 0.782 bits per heavy atom. The van der Waals surface area contributed by atoms with Crippen molar-refractivity contribution in [1.82, 2.24) is 19.5 Å². The molecule has 0 unspecified atom stereocenters. The zero-order chi connectivity index (χ0) is 54.8. The predicted octanol–water partition coefficient (Wildman–Crippen LogP) is 13.0. The smallest absolute Gasteiger partial charge is 0.166 e. The molecule has 0 bridgehead atoms. The van der Waals surface area contributed by atoms with E-state index < -0.39 is 166 Å². The summed E-state index contributed by atoms with van der Waals surface area (Å²) in [5.74, 6) is 0.0487. The third kappa shape index (κ3) is 5.96. The Morgan fingerprint density at radius 1 is 0.345 bits per heavy atom. The molecule has 0 saturated carbocycles. The van der Waals surface area contributed by atoms with Crippen LogP contribution in [0.3, 0.4) is 0 Å². The number of aromatic nitrogens is 4. The molecule has 8 aromatic carbocycles. The van der Waals surface area contributed by atoms with Crippen molar-refractivity contribution in [3.8, 4) is 73.2 Å². The summed E-state index contributed by atoms with van der Waals surface area (Å²) < 4.78 is 191. The van der Waals surface area contributed by atoms with Gasteiger partial charge in [-0.1, -0.05) is 169 Å². The van der Waals surface area contributed by atoms with E-state index in [-0.39, 0.29) is 45.1 Å². The quantitative estimate of drug-likeness (QED) is 0.164. The van der Waals surface area contributed by atoms with Crippen molar-refractivity contribution in [2.45, 2.75) is 0 Å². The topological polar surface area (TPSA) is 43.6 Å². The lowest BCUT2D eigenvalue weighted by atomic mass is 9.91. The summed E-state index contributed by atoms with van der Waals surface area (Å²) in [6.07, 6.45) is 0. The van der Waals surface area contributed by atoms with Crippen LogP contribution in [-0.2, 0) is 0 Å². The molecular weight excluding hydrogens is 669 g/mol. The van der Waals surface area contributed by atoms with Crippen molar-refractivity contribution in [1.29, 1.82) is 0 Å². The molecule has 0 spiro atoms. The van der Waals surface area contributed by atoms with Gasteiger partial charge in [-0.2, -0.15) is 0 Å². The highest BCUT2D eigenvalue weighted by Crippen LogP contribution is 2.43. The normalized spacial score (nSPS) is 16.6. The van der Waals surface area contributed by atoms with E-state index in [1.807, 2.05) is 0 Å². The van der Waals surface area contributed by atoms with Crippen LogP contribution in [0.1, 0.15) is 28.8 Å². The minimum Gasteiger partial charge on any atom is -0.308 e. The molecule has 4 nitrogen and oxygen atoms in total. The van der Waals surface area contributed by atoms with Gasteiger partial charge in [-0.05, 0) is 64.1 Å². The number of para-hydroxylation sites is 3. The molecule has 0 radical (unpaired) electrons. The van der Waals surface area contributed by atoms with E-state index in [1.54, 1.807) is 60.7 Å². The van der Waals surface area contributed by atoms with Gasteiger partial charge in [0.15, 0.2) is 17.5 Å². The third-order valence-corrected chi connectivity index (χ3v) is 8.75. The Kier molecular flexibility index (Phi) is 4.32. The van der Waals surface area contributed by atoms with Crippen LogP contribution >= 0.6 is 0 Å². The van der Waals surface area contributed by atoms with Gasteiger partial charge in [-0.3, -0.25) is 0 Å². The van der Waals surface area contributed by atoms with E-state index in [0.29, 0.717) is 11.1 Å². The minimum absolute atomic E-state index is 0.0876. The maximum atomic E-state index is 10.1. The van der Waals surface area contributed by atoms with E-state index in [9.17, 15) is 9.60 Å². The largest absolute Gasteiger partial charge is 0.308 e. The van der Waals surface area contributed by atoms with Gasteiger partial charge < -0.3 is 4.57 Å². The van der Waals surface area contributed by atoms with Gasteiger partial charge in [0.2, 0.25) is 0 Å². The van der Waals surface area contributed by atoms with E-state index in [2.05, 4.69) is 0 Å². The number of benzene rings is 8. The maximum Gasteiger partial charge on any atom is 0.166 e. The average molecular weight is 724 g/mol. The van der Waals surface area contributed by atoms with Crippen molar-refractivity contribution in [2.75, 3.05) is 0 Å². The lowest BCUT2D eigenvalue weighted by Crippen LogP contribution is -2.05. The van der Waals surface area contributed by atoms with E-state index in [4.69, 9.17) is 34.1 Å². The molecule has 10 rings (SSSR count). The molecule has 2 heterocycles. The van der Waals surface area contributed by atoms with Crippen LogP contribution in [0.2, 0.25) is 0 Å². The van der Waals surface area contributed by atoms with Crippen LogP contribution in [0.4, 0.5) is 0 Å². The molecule has 0 aliphatic carbocycles. The summed E-state index contributed by atoms with van der Waals surface area (Å²) in [5.41, 5.74) is -4.13. The second-order valence-corrected chi connectivity index (χ2v) is 12.0. The number of hydrogen-bond acceptors (Lipinski definition) is 3. The molecule has 4 heteroatoms. The summed E-state index contributed by atoms with van der Waals surface area (Å²) in [7, 11) is 0. The summed E-state index contributed by atoms with van der Waals surface area (Å²) in [5, 5.41) is -0.727. The lowest BCUT2D eigenvalue weighted by Gasteiger charge is -2.20. The van der Waals surface area contributed by atoms with Crippen molar-refractivity contribution in [2.24, 2.45) is 0 Å². The molecule has 0 aliphatic rings.